The minimum atomic E-state index is -4.58. The number of thiazole rings is 2. The zero-order chi connectivity index (χ0) is 40.0. The van der Waals surface area contributed by atoms with Crippen molar-refractivity contribution in [1.82, 2.24) is 30.4 Å². The predicted molar refractivity (Wildman–Crippen MR) is 192 cm³/mol. The van der Waals surface area contributed by atoms with E-state index in [0.29, 0.717) is 31.0 Å². The second kappa shape index (κ2) is 18.3. The van der Waals surface area contributed by atoms with Crippen LogP contribution in [0.1, 0.15) is 92.1 Å². The summed E-state index contributed by atoms with van der Waals surface area (Å²) in [5, 5.41) is 8.80. The van der Waals surface area contributed by atoms with Gasteiger partial charge < -0.3 is 29.7 Å². The molecule has 1 aliphatic heterocycles. The van der Waals surface area contributed by atoms with Crippen LogP contribution in [0.4, 0.5) is 13.2 Å². The van der Waals surface area contributed by atoms with Gasteiger partial charge in [0.25, 0.3) is 5.91 Å². The molecule has 1 saturated carbocycles. The van der Waals surface area contributed by atoms with Crippen LogP contribution in [0.2, 0.25) is 0 Å². The summed E-state index contributed by atoms with van der Waals surface area (Å²) in [5.41, 5.74) is -2.02. The normalized spacial score (nSPS) is 19.3. The number of hydrogen-bond donors (Lipinski definition) is 2. The number of nitrogens with zero attached hydrogens (tertiary/aromatic N) is 4. The van der Waals surface area contributed by atoms with Crippen molar-refractivity contribution >= 4 is 52.3 Å². The minimum absolute atomic E-state index is 0.0123. The minimum Gasteiger partial charge on any atom is -0.469 e. The van der Waals surface area contributed by atoms with E-state index in [-0.39, 0.29) is 60.7 Å². The Labute approximate surface area is 320 Å². The van der Waals surface area contributed by atoms with E-state index in [1.165, 1.54) is 19.4 Å². The fourth-order valence-electron chi connectivity index (χ4n) is 6.41. The molecule has 0 unspecified atom stereocenters. The number of likely N-dealkylation sites (N-methyl/N-ethyl adjacent to an activating group) is 2. The van der Waals surface area contributed by atoms with Crippen molar-refractivity contribution in [2.24, 2.45) is 11.8 Å². The van der Waals surface area contributed by atoms with Crippen molar-refractivity contribution < 1.29 is 51.4 Å². The molecule has 14 nitrogen and oxygen atoms in total. The maximum atomic E-state index is 13.9. The zero-order valence-electron chi connectivity index (χ0n) is 31.5. The summed E-state index contributed by atoms with van der Waals surface area (Å²) in [6, 6.07) is -1.60. The number of methoxy groups -OCH3 is 1. The Balaban J connectivity index is 1.47. The van der Waals surface area contributed by atoms with E-state index in [1.807, 2.05) is 25.8 Å². The number of nitrogens with one attached hydrogen (secondary N) is 2. The fraction of sp³-hybridized carbons (Fsp3) is 0.686. The second-order valence-electron chi connectivity index (χ2n) is 14.3. The summed E-state index contributed by atoms with van der Waals surface area (Å²) in [7, 11) is 4.74. The molecule has 5 atom stereocenters. The topological polar surface area (TPSA) is 169 Å². The number of hydrogen-bond acceptors (Lipinski definition) is 13. The largest absolute Gasteiger partial charge is 0.469 e. The van der Waals surface area contributed by atoms with Crippen LogP contribution in [0.3, 0.4) is 0 Å². The molecule has 0 spiro atoms. The summed E-state index contributed by atoms with van der Waals surface area (Å²) in [4.78, 5) is 76.8. The molecule has 0 radical (unpaired) electrons. The summed E-state index contributed by atoms with van der Waals surface area (Å²) in [6.45, 7) is 8.10. The molecular formula is C35H49F3N6O8S2. The molecule has 1 aliphatic carbocycles. The maximum absolute atomic E-state index is 13.9. The van der Waals surface area contributed by atoms with E-state index in [1.54, 1.807) is 18.9 Å². The van der Waals surface area contributed by atoms with Crippen molar-refractivity contribution in [3.05, 3.63) is 32.2 Å². The maximum Gasteiger partial charge on any atom is 0.434 e. The average molecular weight is 803 g/mol. The van der Waals surface area contributed by atoms with Crippen LogP contribution >= 0.6 is 22.7 Å². The summed E-state index contributed by atoms with van der Waals surface area (Å²) in [6.07, 6.45) is -3.91. The van der Waals surface area contributed by atoms with E-state index in [0.717, 1.165) is 28.1 Å². The van der Waals surface area contributed by atoms with E-state index >= 15 is 0 Å². The molecule has 3 heterocycles. The lowest BCUT2D eigenvalue weighted by atomic mass is 9.95. The van der Waals surface area contributed by atoms with Gasteiger partial charge in [-0.15, -0.1) is 22.7 Å². The molecular weight excluding hydrogens is 754 g/mol. The smallest absolute Gasteiger partial charge is 0.434 e. The highest BCUT2D eigenvalue weighted by atomic mass is 32.1. The highest BCUT2D eigenvalue weighted by Gasteiger charge is 2.54. The monoisotopic (exact) mass is 802 g/mol. The number of amides is 3. The highest BCUT2D eigenvalue weighted by molar-refractivity contribution is 7.10. The first kappa shape index (κ1) is 43.1. The SMILES string of the molecule is COC(=O)[C@@H](C)C[C@H](CCc1nc(C(F)(F)F)cs1)NC(=O)c1csc([C@@H](C[C@H](C(C)C)N(C)C(=O)C2(NC(=O)[C@H]3COCCN3C)CC2)OC(C)=O)n1. The first-order chi connectivity index (χ1) is 25.3. The lowest BCUT2D eigenvalue weighted by molar-refractivity contribution is -0.149. The number of morpholine rings is 1. The van der Waals surface area contributed by atoms with Gasteiger partial charge in [-0.3, -0.25) is 28.9 Å². The molecule has 19 heteroatoms. The van der Waals surface area contributed by atoms with Crippen LogP contribution in [0.5, 0.6) is 0 Å². The zero-order valence-corrected chi connectivity index (χ0v) is 33.1. The number of halogens is 3. The number of alkyl halides is 3. The lowest BCUT2D eigenvalue weighted by Crippen LogP contribution is -2.59. The molecule has 0 bridgehead atoms. The van der Waals surface area contributed by atoms with Crippen molar-refractivity contribution in [2.75, 3.05) is 41.0 Å². The van der Waals surface area contributed by atoms with E-state index in [9.17, 15) is 37.1 Å². The van der Waals surface area contributed by atoms with Gasteiger partial charge in [-0.25, -0.2) is 9.97 Å². The molecule has 2 aromatic heterocycles. The molecule has 4 rings (SSSR count). The molecule has 2 fully saturated rings. The highest BCUT2D eigenvalue weighted by Crippen LogP contribution is 2.39. The van der Waals surface area contributed by atoms with Crippen LogP contribution in [0.15, 0.2) is 10.8 Å². The Bertz CT molecular complexity index is 1650. The molecule has 0 aromatic carbocycles. The predicted octanol–water partition coefficient (Wildman–Crippen LogP) is 4.01. The lowest BCUT2D eigenvalue weighted by Gasteiger charge is -2.37. The summed E-state index contributed by atoms with van der Waals surface area (Å²) < 4.78 is 55.3. The number of esters is 2. The van der Waals surface area contributed by atoms with Crippen molar-refractivity contribution in [2.45, 2.75) is 102 Å². The van der Waals surface area contributed by atoms with Gasteiger partial charge in [0, 0.05) is 56.2 Å². The van der Waals surface area contributed by atoms with E-state index in [2.05, 4.69) is 20.6 Å². The standard InChI is InChI=1S/C35H49F3N6O8S2/c1-19(2)24(44(6)33(49)34(10-11-34)42-30(47)25-16-51-13-12-43(25)5)15-26(52-21(4)45)31-40-23(17-54-31)29(46)39-22(14-20(3)32(48)50-7)8-9-28-41-27(18-53-28)35(36,37)38/h17-20,22,24-26H,8-16H2,1-7H3,(H,39,46)(H,42,47)/t20-,22-,24+,25+,26+/m0/s1. The third kappa shape index (κ3) is 11.2. The molecule has 2 aliphatic rings. The first-order valence-corrected chi connectivity index (χ1v) is 19.5. The van der Waals surface area contributed by atoms with Crippen molar-refractivity contribution in [3.63, 3.8) is 0 Å². The molecule has 2 N–H and O–H groups in total. The van der Waals surface area contributed by atoms with Gasteiger partial charge in [0.2, 0.25) is 11.8 Å². The van der Waals surface area contributed by atoms with Gasteiger partial charge in [-0.2, -0.15) is 13.2 Å². The van der Waals surface area contributed by atoms with Gasteiger partial charge in [-0.05, 0) is 38.6 Å². The van der Waals surface area contributed by atoms with Crippen molar-refractivity contribution in [3.8, 4) is 0 Å². The van der Waals surface area contributed by atoms with E-state index < -0.39 is 65.4 Å². The number of carbonyl (C=O) groups excluding carboxylic acids is 5. The number of rotatable bonds is 17. The Kier molecular flexibility index (Phi) is 14.6. The third-order valence-electron chi connectivity index (χ3n) is 9.73. The molecule has 54 heavy (non-hydrogen) atoms. The van der Waals surface area contributed by atoms with Crippen LogP contribution in [-0.2, 0) is 46.0 Å². The van der Waals surface area contributed by atoms with Crippen LogP contribution in [0, 0.1) is 11.8 Å². The molecule has 2 aromatic rings. The van der Waals surface area contributed by atoms with Crippen LogP contribution < -0.4 is 10.6 Å². The van der Waals surface area contributed by atoms with Gasteiger partial charge >= 0.3 is 18.1 Å². The number of carbonyl (C=O) groups is 5. The fourth-order valence-corrected chi connectivity index (χ4v) is 8.07. The van der Waals surface area contributed by atoms with Gasteiger partial charge in [0.1, 0.15) is 22.3 Å². The Morgan fingerprint density at radius 3 is 2.39 bits per heavy atom. The average Bonchev–Trinajstić information content (AvgIpc) is 3.47. The molecule has 3 amide bonds. The Hall–Kier alpha value is -3.68. The first-order valence-electron chi connectivity index (χ1n) is 17.7. The summed E-state index contributed by atoms with van der Waals surface area (Å²) in [5.74, 6) is -2.95. The second-order valence-corrected chi connectivity index (χ2v) is 16.1. The number of aryl methyl sites for hydroxylation is 1. The quantitative estimate of drug-likeness (QED) is 0.222. The van der Waals surface area contributed by atoms with Gasteiger partial charge in [-0.1, -0.05) is 20.8 Å². The van der Waals surface area contributed by atoms with E-state index in [4.69, 9.17) is 14.2 Å². The van der Waals surface area contributed by atoms with Gasteiger partial charge in [0.05, 0.1) is 31.2 Å². The third-order valence-corrected chi connectivity index (χ3v) is 11.6. The Morgan fingerprint density at radius 1 is 1.11 bits per heavy atom. The Morgan fingerprint density at radius 2 is 1.81 bits per heavy atom. The summed E-state index contributed by atoms with van der Waals surface area (Å²) >= 11 is 1.95. The van der Waals surface area contributed by atoms with Crippen LogP contribution in [0.25, 0.3) is 0 Å². The van der Waals surface area contributed by atoms with Crippen molar-refractivity contribution in [1.29, 1.82) is 0 Å². The van der Waals surface area contributed by atoms with Crippen LogP contribution in [-0.4, -0.2) is 114 Å². The molecule has 300 valence electrons. The molecule has 1 saturated heterocycles. The van der Waals surface area contributed by atoms with Gasteiger partial charge in [0.15, 0.2) is 11.8 Å². The number of aromatic nitrogens is 2. The number of ether oxygens (including phenoxy) is 3.